The van der Waals surface area contributed by atoms with Crippen LogP contribution in [0.15, 0.2) is 36.5 Å². The van der Waals surface area contributed by atoms with Gasteiger partial charge in [-0.05, 0) is 58.3 Å². The number of nitrogens with zero attached hydrogens (tertiary/aromatic N) is 3. The second-order valence-electron chi connectivity index (χ2n) is 5.70. The van der Waals surface area contributed by atoms with Gasteiger partial charge in [0, 0.05) is 35.6 Å². The summed E-state index contributed by atoms with van der Waals surface area (Å²) in [4.78, 5) is 12.0. The van der Waals surface area contributed by atoms with Gasteiger partial charge in [-0.15, -0.1) is 11.3 Å². The van der Waals surface area contributed by atoms with Gasteiger partial charge in [0.2, 0.25) is 0 Å². The minimum atomic E-state index is 0.922. The lowest BCUT2D eigenvalue weighted by atomic mass is 10.3. The van der Waals surface area contributed by atoms with Crippen molar-refractivity contribution < 1.29 is 0 Å². The predicted octanol–water partition coefficient (Wildman–Crippen LogP) is 3.41. The molecule has 2 rings (SSSR count). The van der Waals surface area contributed by atoms with E-state index in [0.29, 0.717) is 0 Å². The van der Waals surface area contributed by atoms with Gasteiger partial charge in [-0.25, -0.2) is 0 Å². The van der Waals surface area contributed by atoms with E-state index in [-0.39, 0.29) is 0 Å². The SMILES string of the molecule is Cc1ccc(CN(CCCN(C)C)Cc2ccccn2)s1. The summed E-state index contributed by atoms with van der Waals surface area (Å²) in [7, 11) is 4.26. The van der Waals surface area contributed by atoms with E-state index < -0.39 is 0 Å². The maximum Gasteiger partial charge on any atom is 0.0544 e. The second kappa shape index (κ2) is 8.27. The first-order chi connectivity index (χ1) is 10.1. The number of aryl methyl sites for hydroxylation is 1. The Morgan fingerprint density at radius 2 is 1.90 bits per heavy atom. The third-order valence-corrected chi connectivity index (χ3v) is 4.35. The minimum absolute atomic E-state index is 0.922. The average Bonchev–Trinajstić information content (AvgIpc) is 2.85. The van der Waals surface area contributed by atoms with E-state index in [9.17, 15) is 0 Å². The maximum atomic E-state index is 4.46. The minimum Gasteiger partial charge on any atom is -0.309 e. The maximum absolute atomic E-state index is 4.46. The van der Waals surface area contributed by atoms with E-state index in [1.54, 1.807) is 0 Å². The van der Waals surface area contributed by atoms with E-state index in [4.69, 9.17) is 0 Å². The van der Waals surface area contributed by atoms with E-state index in [2.05, 4.69) is 60.1 Å². The molecule has 0 saturated carbocycles. The molecule has 0 spiro atoms. The van der Waals surface area contributed by atoms with Crippen LogP contribution in [0.25, 0.3) is 0 Å². The van der Waals surface area contributed by atoms with Crippen molar-refractivity contribution in [2.45, 2.75) is 26.4 Å². The molecule has 0 amide bonds. The smallest absolute Gasteiger partial charge is 0.0544 e. The molecule has 0 bridgehead atoms. The monoisotopic (exact) mass is 303 g/mol. The van der Waals surface area contributed by atoms with E-state index in [0.717, 1.165) is 31.9 Å². The normalized spacial score (nSPS) is 11.5. The van der Waals surface area contributed by atoms with Crippen LogP contribution in [0.5, 0.6) is 0 Å². The van der Waals surface area contributed by atoms with Crippen molar-refractivity contribution in [3.05, 3.63) is 52.0 Å². The fourth-order valence-electron chi connectivity index (χ4n) is 2.34. The molecule has 0 aliphatic carbocycles. The summed E-state index contributed by atoms with van der Waals surface area (Å²) in [6.45, 7) is 6.34. The van der Waals surface area contributed by atoms with Crippen LogP contribution in [0.1, 0.15) is 21.9 Å². The van der Waals surface area contributed by atoms with Gasteiger partial charge in [-0.3, -0.25) is 9.88 Å². The summed E-state index contributed by atoms with van der Waals surface area (Å²) in [5, 5.41) is 0. The highest BCUT2D eigenvalue weighted by molar-refractivity contribution is 7.11. The zero-order valence-corrected chi connectivity index (χ0v) is 14.1. The molecule has 2 aromatic rings. The standard InChI is InChI=1S/C17H25N3S/c1-15-8-9-17(21-15)14-20(12-6-11-19(2)3)13-16-7-4-5-10-18-16/h4-5,7-10H,6,11-14H2,1-3H3. The highest BCUT2D eigenvalue weighted by atomic mass is 32.1. The van der Waals surface area contributed by atoms with Gasteiger partial charge in [0.1, 0.15) is 0 Å². The Kier molecular flexibility index (Phi) is 6.36. The van der Waals surface area contributed by atoms with Gasteiger partial charge < -0.3 is 4.90 Å². The molecule has 4 heteroatoms. The summed E-state index contributed by atoms with van der Waals surface area (Å²) in [6, 6.07) is 10.6. The Morgan fingerprint density at radius 1 is 1.05 bits per heavy atom. The Labute approximate surface area is 132 Å². The van der Waals surface area contributed by atoms with Crippen molar-refractivity contribution in [3.63, 3.8) is 0 Å². The molecule has 3 nitrogen and oxygen atoms in total. The molecule has 114 valence electrons. The fraction of sp³-hybridized carbons (Fsp3) is 0.471. The highest BCUT2D eigenvalue weighted by Gasteiger charge is 2.09. The van der Waals surface area contributed by atoms with E-state index >= 15 is 0 Å². The first kappa shape index (κ1) is 16.1. The van der Waals surface area contributed by atoms with Crippen LogP contribution in [-0.2, 0) is 13.1 Å². The van der Waals surface area contributed by atoms with Crippen LogP contribution in [0.4, 0.5) is 0 Å². The quantitative estimate of drug-likeness (QED) is 0.745. The highest BCUT2D eigenvalue weighted by Crippen LogP contribution is 2.18. The molecular formula is C17H25N3S. The molecule has 2 heterocycles. The van der Waals surface area contributed by atoms with E-state index in [1.165, 1.54) is 16.2 Å². The first-order valence-electron chi connectivity index (χ1n) is 7.46. The number of aromatic nitrogens is 1. The predicted molar refractivity (Wildman–Crippen MR) is 90.6 cm³/mol. The van der Waals surface area contributed by atoms with Crippen molar-refractivity contribution in [3.8, 4) is 0 Å². The largest absolute Gasteiger partial charge is 0.309 e. The summed E-state index contributed by atoms with van der Waals surface area (Å²) >= 11 is 1.89. The summed E-state index contributed by atoms with van der Waals surface area (Å²) in [5.41, 5.74) is 1.15. The van der Waals surface area contributed by atoms with Crippen molar-refractivity contribution in [1.82, 2.24) is 14.8 Å². The number of thiophene rings is 1. The number of hydrogen-bond donors (Lipinski definition) is 0. The molecule has 0 aliphatic heterocycles. The molecule has 0 aromatic carbocycles. The summed E-state index contributed by atoms with van der Waals surface area (Å²) in [6.07, 6.45) is 3.06. The van der Waals surface area contributed by atoms with Gasteiger partial charge in [-0.1, -0.05) is 6.07 Å². The molecule has 0 aliphatic rings. The molecule has 0 radical (unpaired) electrons. The van der Waals surface area contributed by atoms with Crippen LogP contribution < -0.4 is 0 Å². The molecule has 21 heavy (non-hydrogen) atoms. The lowest BCUT2D eigenvalue weighted by Gasteiger charge is -2.22. The zero-order chi connectivity index (χ0) is 15.1. The molecular weight excluding hydrogens is 278 g/mol. The second-order valence-corrected chi connectivity index (χ2v) is 7.07. The van der Waals surface area contributed by atoms with Gasteiger partial charge in [-0.2, -0.15) is 0 Å². The average molecular weight is 303 g/mol. The molecule has 0 atom stereocenters. The van der Waals surface area contributed by atoms with Crippen LogP contribution in [0, 0.1) is 6.92 Å². The zero-order valence-electron chi connectivity index (χ0n) is 13.2. The number of rotatable bonds is 8. The molecule has 0 N–H and O–H groups in total. The first-order valence-corrected chi connectivity index (χ1v) is 8.27. The van der Waals surface area contributed by atoms with Crippen LogP contribution in [0.3, 0.4) is 0 Å². The van der Waals surface area contributed by atoms with Crippen LogP contribution >= 0.6 is 11.3 Å². The summed E-state index contributed by atoms with van der Waals surface area (Å²) in [5.74, 6) is 0. The third-order valence-electron chi connectivity index (χ3n) is 3.37. The Balaban J connectivity index is 1.95. The summed E-state index contributed by atoms with van der Waals surface area (Å²) < 4.78 is 0. The van der Waals surface area contributed by atoms with Crippen LogP contribution in [-0.4, -0.2) is 42.0 Å². The Hall–Kier alpha value is -1.23. The molecule has 0 saturated heterocycles. The van der Waals surface area contributed by atoms with Crippen molar-refractivity contribution in [1.29, 1.82) is 0 Å². The van der Waals surface area contributed by atoms with Gasteiger partial charge >= 0.3 is 0 Å². The van der Waals surface area contributed by atoms with Crippen LogP contribution in [0.2, 0.25) is 0 Å². The van der Waals surface area contributed by atoms with Gasteiger partial charge in [0.15, 0.2) is 0 Å². The molecule has 2 aromatic heterocycles. The van der Waals surface area contributed by atoms with Crippen molar-refractivity contribution in [2.24, 2.45) is 0 Å². The molecule has 0 fully saturated rings. The Bertz CT molecular complexity index is 522. The van der Waals surface area contributed by atoms with Crippen molar-refractivity contribution in [2.75, 3.05) is 27.2 Å². The van der Waals surface area contributed by atoms with Gasteiger partial charge in [0.05, 0.1) is 5.69 Å². The third kappa shape index (κ3) is 5.96. The molecule has 0 unspecified atom stereocenters. The Morgan fingerprint density at radius 3 is 2.52 bits per heavy atom. The fourth-order valence-corrected chi connectivity index (χ4v) is 3.27. The van der Waals surface area contributed by atoms with Crippen molar-refractivity contribution >= 4 is 11.3 Å². The van der Waals surface area contributed by atoms with E-state index in [1.807, 2.05) is 23.6 Å². The lowest BCUT2D eigenvalue weighted by molar-refractivity contribution is 0.239. The lowest BCUT2D eigenvalue weighted by Crippen LogP contribution is -2.26. The van der Waals surface area contributed by atoms with Gasteiger partial charge in [0.25, 0.3) is 0 Å². The topological polar surface area (TPSA) is 19.4 Å². The number of pyridine rings is 1. The number of hydrogen-bond acceptors (Lipinski definition) is 4.